The lowest BCUT2D eigenvalue weighted by atomic mass is 10.1. The number of ether oxygens (including phenoxy) is 2. The normalized spacial score (nSPS) is 9.62. The van der Waals surface area contributed by atoms with Gasteiger partial charge < -0.3 is 14.6 Å². The Kier molecular flexibility index (Phi) is 3.88. The number of aryl methyl sites for hydroxylation is 1. The maximum Gasteiger partial charge on any atom is 0.513 e. The van der Waals surface area contributed by atoms with E-state index in [1.807, 2.05) is 6.92 Å². The first-order valence-electron chi connectivity index (χ1n) is 4.71. The fourth-order valence-electron chi connectivity index (χ4n) is 1.28. The van der Waals surface area contributed by atoms with Crippen LogP contribution in [-0.2, 0) is 11.2 Å². The fourth-order valence-corrected chi connectivity index (χ4v) is 1.28. The number of benzene rings is 1. The van der Waals surface area contributed by atoms with E-state index in [1.165, 1.54) is 6.07 Å². The molecule has 1 N–H and O–H groups in total. The molecule has 1 aromatic rings. The lowest BCUT2D eigenvalue weighted by molar-refractivity contribution is 0.0691. The predicted molar refractivity (Wildman–Crippen MR) is 55.8 cm³/mol. The second kappa shape index (κ2) is 5.16. The molecule has 1 rings (SSSR count). The van der Waals surface area contributed by atoms with Crippen molar-refractivity contribution in [2.75, 3.05) is 7.11 Å². The molecular weight excluding hydrogens is 212 g/mol. The van der Waals surface area contributed by atoms with Gasteiger partial charge in [0.25, 0.3) is 0 Å². The monoisotopic (exact) mass is 224 g/mol. The predicted octanol–water partition coefficient (Wildman–Crippen LogP) is 2.09. The highest BCUT2D eigenvalue weighted by atomic mass is 16.7. The molecule has 0 saturated carbocycles. The van der Waals surface area contributed by atoms with Crippen molar-refractivity contribution in [1.82, 2.24) is 0 Å². The van der Waals surface area contributed by atoms with Crippen LogP contribution in [0.15, 0.2) is 18.2 Å². The van der Waals surface area contributed by atoms with E-state index in [4.69, 9.17) is 9.84 Å². The topological polar surface area (TPSA) is 72.8 Å². The molecule has 5 nitrogen and oxygen atoms in total. The van der Waals surface area contributed by atoms with Crippen LogP contribution in [0.3, 0.4) is 0 Å². The molecule has 5 heteroatoms. The van der Waals surface area contributed by atoms with Gasteiger partial charge in [0, 0.05) is 0 Å². The average Bonchev–Trinajstić information content (AvgIpc) is 2.28. The second-order valence-electron chi connectivity index (χ2n) is 3.01. The molecule has 16 heavy (non-hydrogen) atoms. The number of carboxylic acids is 1. The Hall–Kier alpha value is -2.04. The summed E-state index contributed by atoms with van der Waals surface area (Å²) >= 11 is 0. The number of carboxylic acid groups (broad SMARTS) is 1. The van der Waals surface area contributed by atoms with Gasteiger partial charge in [0.1, 0.15) is 5.56 Å². The summed E-state index contributed by atoms with van der Waals surface area (Å²) in [6, 6.07) is 4.68. The Labute approximate surface area is 92.6 Å². The second-order valence-corrected chi connectivity index (χ2v) is 3.01. The zero-order valence-electron chi connectivity index (χ0n) is 9.02. The summed E-state index contributed by atoms with van der Waals surface area (Å²) < 4.78 is 9.17. The Bertz CT molecular complexity index is 411. The molecule has 86 valence electrons. The molecule has 0 radical (unpaired) electrons. The first-order valence-corrected chi connectivity index (χ1v) is 4.71. The summed E-state index contributed by atoms with van der Waals surface area (Å²) in [6.45, 7) is 1.84. The van der Waals surface area contributed by atoms with Crippen molar-refractivity contribution < 1.29 is 24.2 Å². The molecule has 0 spiro atoms. The first kappa shape index (κ1) is 12.0. The lowest BCUT2D eigenvalue weighted by Crippen LogP contribution is -2.12. The van der Waals surface area contributed by atoms with Crippen LogP contribution in [0.25, 0.3) is 0 Å². The van der Waals surface area contributed by atoms with Crippen LogP contribution >= 0.6 is 0 Å². The Balaban J connectivity index is 3.19. The van der Waals surface area contributed by atoms with Gasteiger partial charge in [0.2, 0.25) is 0 Å². The number of rotatable bonds is 3. The van der Waals surface area contributed by atoms with E-state index < -0.39 is 12.1 Å². The highest BCUT2D eigenvalue weighted by Gasteiger charge is 2.17. The van der Waals surface area contributed by atoms with Crippen molar-refractivity contribution in [1.29, 1.82) is 0 Å². The van der Waals surface area contributed by atoms with Crippen molar-refractivity contribution in [3.63, 3.8) is 0 Å². The van der Waals surface area contributed by atoms with Gasteiger partial charge in [-0.2, -0.15) is 0 Å². The quantitative estimate of drug-likeness (QED) is 0.628. The molecule has 0 amide bonds. The molecule has 0 atom stereocenters. The van der Waals surface area contributed by atoms with E-state index >= 15 is 0 Å². The third kappa shape index (κ3) is 2.50. The van der Waals surface area contributed by atoms with Crippen LogP contribution in [-0.4, -0.2) is 24.3 Å². The van der Waals surface area contributed by atoms with Crippen molar-refractivity contribution >= 4 is 12.1 Å². The smallest absolute Gasteiger partial charge is 0.478 e. The minimum Gasteiger partial charge on any atom is -0.478 e. The van der Waals surface area contributed by atoms with Crippen LogP contribution in [0.2, 0.25) is 0 Å². The molecule has 0 bridgehead atoms. The zero-order valence-corrected chi connectivity index (χ0v) is 9.02. The van der Waals surface area contributed by atoms with Crippen LogP contribution in [0.5, 0.6) is 5.75 Å². The highest BCUT2D eigenvalue weighted by Crippen LogP contribution is 2.25. The van der Waals surface area contributed by atoms with Gasteiger partial charge in [-0.1, -0.05) is 19.1 Å². The van der Waals surface area contributed by atoms with Crippen molar-refractivity contribution in [2.45, 2.75) is 13.3 Å². The molecule has 0 heterocycles. The third-order valence-electron chi connectivity index (χ3n) is 2.06. The van der Waals surface area contributed by atoms with Crippen LogP contribution in [0, 0.1) is 0 Å². The van der Waals surface area contributed by atoms with Gasteiger partial charge >= 0.3 is 12.1 Å². The number of aromatic carboxylic acids is 1. The van der Waals surface area contributed by atoms with Gasteiger partial charge in [0.05, 0.1) is 7.11 Å². The Morgan fingerprint density at radius 1 is 1.38 bits per heavy atom. The average molecular weight is 224 g/mol. The molecule has 0 aromatic heterocycles. The number of methoxy groups -OCH3 is 1. The van der Waals surface area contributed by atoms with Crippen molar-refractivity contribution in [3.05, 3.63) is 29.3 Å². The summed E-state index contributed by atoms with van der Waals surface area (Å²) in [4.78, 5) is 21.9. The number of hydrogen-bond acceptors (Lipinski definition) is 4. The molecule has 0 aliphatic carbocycles. The van der Waals surface area contributed by atoms with E-state index in [1.54, 1.807) is 12.1 Å². The van der Waals surface area contributed by atoms with Gasteiger partial charge in [0.15, 0.2) is 5.75 Å². The summed E-state index contributed by atoms with van der Waals surface area (Å²) in [5, 5.41) is 8.94. The van der Waals surface area contributed by atoms with Gasteiger partial charge in [-0.25, -0.2) is 9.59 Å². The number of hydrogen-bond donors (Lipinski definition) is 1. The molecule has 0 unspecified atom stereocenters. The molecule has 0 aliphatic rings. The largest absolute Gasteiger partial charge is 0.513 e. The van der Waals surface area contributed by atoms with Crippen molar-refractivity contribution in [2.24, 2.45) is 0 Å². The summed E-state index contributed by atoms with van der Waals surface area (Å²) in [6.07, 6.45) is -0.364. The number of para-hydroxylation sites is 1. The Morgan fingerprint density at radius 3 is 2.56 bits per heavy atom. The van der Waals surface area contributed by atoms with Gasteiger partial charge in [-0.3, -0.25) is 0 Å². The maximum atomic E-state index is 11.0. The van der Waals surface area contributed by atoms with E-state index in [-0.39, 0.29) is 11.3 Å². The van der Waals surface area contributed by atoms with E-state index in [9.17, 15) is 9.59 Å². The number of carbonyl (C=O) groups is 2. The van der Waals surface area contributed by atoms with E-state index in [0.29, 0.717) is 12.0 Å². The molecule has 1 aromatic carbocycles. The molecular formula is C11H12O5. The van der Waals surface area contributed by atoms with E-state index in [0.717, 1.165) is 7.11 Å². The SMILES string of the molecule is CCc1cccc(C(=O)O)c1OC(=O)OC. The minimum atomic E-state index is -1.14. The number of carbonyl (C=O) groups excluding carboxylic acids is 1. The summed E-state index contributed by atoms with van der Waals surface area (Å²) in [5.41, 5.74) is 0.593. The van der Waals surface area contributed by atoms with E-state index in [2.05, 4.69) is 4.74 Å². The summed E-state index contributed by atoms with van der Waals surface area (Å²) in [5.74, 6) is -1.10. The van der Waals surface area contributed by atoms with Crippen LogP contribution < -0.4 is 4.74 Å². The van der Waals surface area contributed by atoms with Crippen LogP contribution in [0.1, 0.15) is 22.8 Å². The highest BCUT2D eigenvalue weighted by molar-refractivity contribution is 5.92. The molecule has 0 aliphatic heterocycles. The summed E-state index contributed by atoms with van der Waals surface area (Å²) in [7, 11) is 1.16. The van der Waals surface area contributed by atoms with Gasteiger partial charge in [-0.15, -0.1) is 0 Å². The zero-order chi connectivity index (χ0) is 12.1. The van der Waals surface area contributed by atoms with Crippen LogP contribution in [0.4, 0.5) is 4.79 Å². The minimum absolute atomic E-state index is 0.0457. The third-order valence-corrected chi connectivity index (χ3v) is 2.06. The first-order chi connectivity index (χ1) is 7.60. The molecule has 0 saturated heterocycles. The fraction of sp³-hybridized carbons (Fsp3) is 0.273. The standard InChI is InChI=1S/C11H12O5/c1-3-7-5-4-6-8(10(12)13)9(7)16-11(14)15-2/h4-6H,3H2,1-2H3,(H,12,13). The van der Waals surface area contributed by atoms with Crippen molar-refractivity contribution in [3.8, 4) is 5.75 Å². The molecule has 0 fully saturated rings. The lowest BCUT2D eigenvalue weighted by Gasteiger charge is -2.10. The maximum absolute atomic E-state index is 11.0. The van der Waals surface area contributed by atoms with Gasteiger partial charge in [-0.05, 0) is 18.1 Å². The Morgan fingerprint density at radius 2 is 2.06 bits per heavy atom.